The lowest BCUT2D eigenvalue weighted by atomic mass is 9.99. The summed E-state index contributed by atoms with van der Waals surface area (Å²) in [6.45, 7) is 5.61. The van der Waals surface area contributed by atoms with Crippen molar-refractivity contribution in [2.24, 2.45) is 10.2 Å². The van der Waals surface area contributed by atoms with Crippen molar-refractivity contribution in [3.63, 3.8) is 0 Å². The van der Waals surface area contributed by atoms with Gasteiger partial charge >= 0.3 is 6.36 Å². The molecule has 0 saturated carbocycles. The summed E-state index contributed by atoms with van der Waals surface area (Å²) in [6, 6.07) is 17.0. The molecule has 1 atom stereocenters. The highest BCUT2D eigenvalue weighted by molar-refractivity contribution is 8.14. The lowest BCUT2D eigenvalue weighted by Gasteiger charge is -2.32. The Hall–Kier alpha value is -4.23. The van der Waals surface area contributed by atoms with Crippen molar-refractivity contribution in [1.82, 2.24) is 14.8 Å². The second kappa shape index (κ2) is 11.6. The van der Waals surface area contributed by atoms with Gasteiger partial charge in [-0.1, -0.05) is 49.9 Å². The number of amidine groups is 1. The number of ether oxygens (including phenoxy) is 1. The second-order valence-corrected chi connectivity index (χ2v) is 10.9. The molecule has 42 heavy (non-hydrogen) atoms. The first-order valence-corrected chi connectivity index (χ1v) is 13.8. The molecular weight excluding hydrogens is 572 g/mol. The first kappa shape index (κ1) is 29.3. The van der Waals surface area contributed by atoms with Gasteiger partial charge in [-0.3, -0.25) is 4.90 Å². The van der Waals surface area contributed by atoms with E-state index in [1.807, 2.05) is 38.1 Å². The molecule has 218 valence electrons. The summed E-state index contributed by atoms with van der Waals surface area (Å²) in [6.07, 6.45) is -1.72. The van der Waals surface area contributed by atoms with Crippen molar-refractivity contribution in [2.75, 3.05) is 10.7 Å². The minimum Gasteiger partial charge on any atom is -0.406 e. The maximum Gasteiger partial charge on any atom is 0.573 e. The normalized spacial score (nSPS) is 18.5. The number of aliphatic hydroxyl groups is 1. The van der Waals surface area contributed by atoms with Crippen molar-refractivity contribution in [3.8, 4) is 22.8 Å². The molecule has 0 spiro atoms. The third-order valence-electron chi connectivity index (χ3n) is 6.35. The monoisotopic (exact) mass is 598 g/mol. The number of rotatable bonds is 7. The average molecular weight is 599 g/mol. The number of benzene rings is 3. The van der Waals surface area contributed by atoms with Crippen molar-refractivity contribution < 1.29 is 27.4 Å². The largest absolute Gasteiger partial charge is 0.573 e. The molecule has 3 aromatic carbocycles. The number of thioether (sulfide) groups is 1. The molecule has 5 rings (SSSR count). The SMILES string of the molecule is CC(C)c1cc(F)ccc1N1/C(=N/N=C/c2ccc(-c3ncn(-c4ccc(OC(F)(F)F)cc4)n3)cc2)SCC1(C)O. The van der Waals surface area contributed by atoms with Crippen LogP contribution in [0.4, 0.5) is 23.2 Å². The zero-order chi connectivity index (χ0) is 30.1. The summed E-state index contributed by atoms with van der Waals surface area (Å²) in [4.78, 5) is 5.98. The van der Waals surface area contributed by atoms with Crippen LogP contribution in [0.2, 0.25) is 0 Å². The maximum atomic E-state index is 14.0. The van der Waals surface area contributed by atoms with E-state index in [0.29, 0.717) is 28.1 Å². The second-order valence-electron chi connectivity index (χ2n) is 10.0. The highest BCUT2D eigenvalue weighted by atomic mass is 32.2. The van der Waals surface area contributed by atoms with Crippen molar-refractivity contribution in [2.45, 2.75) is 38.8 Å². The molecule has 0 amide bonds. The van der Waals surface area contributed by atoms with Gasteiger partial charge in [0.2, 0.25) is 0 Å². The molecule has 1 aliphatic heterocycles. The number of anilines is 1. The van der Waals surface area contributed by atoms with Crippen molar-refractivity contribution in [3.05, 3.63) is 90.0 Å². The Balaban J connectivity index is 1.30. The summed E-state index contributed by atoms with van der Waals surface area (Å²) < 4.78 is 56.5. The van der Waals surface area contributed by atoms with E-state index in [4.69, 9.17) is 0 Å². The van der Waals surface area contributed by atoms with Crippen LogP contribution in [0.25, 0.3) is 17.1 Å². The summed E-state index contributed by atoms with van der Waals surface area (Å²) in [5.74, 6) is 0.157. The van der Waals surface area contributed by atoms with E-state index in [-0.39, 0.29) is 17.5 Å². The smallest absolute Gasteiger partial charge is 0.406 e. The van der Waals surface area contributed by atoms with Gasteiger partial charge in [-0.15, -0.1) is 23.4 Å². The van der Waals surface area contributed by atoms with Gasteiger partial charge in [-0.05, 0) is 66.4 Å². The first-order chi connectivity index (χ1) is 19.9. The van der Waals surface area contributed by atoms with Crippen LogP contribution >= 0.6 is 11.8 Å². The minimum absolute atomic E-state index is 0.0275. The van der Waals surface area contributed by atoms with Crippen LogP contribution in [-0.4, -0.2) is 49.1 Å². The molecule has 0 bridgehead atoms. The molecule has 2 heterocycles. The third-order valence-corrected chi connectivity index (χ3v) is 7.56. The van der Waals surface area contributed by atoms with Gasteiger partial charge in [0, 0.05) is 17.0 Å². The van der Waals surface area contributed by atoms with Gasteiger partial charge in [0.05, 0.1) is 11.9 Å². The lowest BCUT2D eigenvalue weighted by molar-refractivity contribution is -0.274. The Morgan fingerprint density at radius 2 is 1.79 bits per heavy atom. The van der Waals surface area contributed by atoms with Crippen molar-refractivity contribution >= 4 is 28.8 Å². The Morgan fingerprint density at radius 1 is 1.07 bits per heavy atom. The van der Waals surface area contributed by atoms with Crippen LogP contribution < -0.4 is 9.64 Å². The van der Waals surface area contributed by atoms with Crippen LogP contribution in [0.3, 0.4) is 0 Å². The van der Waals surface area contributed by atoms with Gasteiger partial charge in [0.1, 0.15) is 17.9 Å². The van der Waals surface area contributed by atoms with Gasteiger partial charge < -0.3 is 9.84 Å². The molecule has 0 radical (unpaired) electrons. The zero-order valence-corrected chi connectivity index (χ0v) is 23.6. The van der Waals surface area contributed by atoms with E-state index in [0.717, 1.165) is 16.7 Å². The summed E-state index contributed by atoms with van der Waals surface area (Å²) in [5, 5.41) is 24.5. The fourth-order valence-electron chi connectivity index (χ4n) is 4.35. The van der Waals surface area contributed by atoms with Crippen LogP contribution in [0, 0.1) is 5.82 Å². The molecule has 13 heteroatoms. The lowest BCUT2D eigenvalue weighted by Crippen LogP contribution is -2.45. The average Bonchev–Trinajstić information content (AvgIpc) is 3.53. The van der Waals surface area contributed by atoms with Gasteiger partial charge in [-0.25, -0.2) is 14.1 Å². The van der Waals surface area contributed by atoms with Crippen LogP contribution in [0.15, 0.2) is 83.3 Å². The zero-order valence-electron chi connectivity index (χ0n) is 22.7. The van der Waals surface area contributed by atoms with E-state index >= 15 is 0 Å². The van der Waals surface area contributed by atoms with Crippen molar-refractivity contribution in [1.29, 1.82) is 0 Å². The predicted molar refractivity (Wildman–Crippen MR) is 155 cm³/mol. The van der Waals surface area contributed by atoms with E-state index in [1.165, 1.54) is 59.2 Å². The van der Waals surface area contributed by atoms with E-state index < -0.39 is 12.1 Å². The van der Waals surface area contributed by atoms with E-state index in [9.17, 15) is 22.7 Å². The third kappa shape index (κ3) is 6.63. The summed E-state index contributed by atoms with van der Waals surface area (Å²) >= 11 is 1.36. The number of alkyl halides is 3. The molecular formula is C29H26F4N6O2S. The Labute approximate surface area is 243 Å². The Morgan fingerprint density at radius 3 is 2.45 bits per heavy atom. The van der Waals surface area contributed by atoms with E-state index in [2.05, 4.69) is 25.0 Å². The van der Waals surface area contributed by atoms with Gasteiger partial charge in [0.15, 0.2) is 16.7 Å². The molecule has 8 nitrogen and oxygen atoms in total. The Kier molecular flexibility index (Phi) is 8.06. The molecule has 4 aromatic rings. The minimum atomic E-state index is -4.76. The molecule has 1 saturated heterocycles. The maximum absolute atomic E-state index is 14.0. The first-order valence-electron chi connectivity index (χ1n) is 12.8. The van der Waals surface area contributed by atoms with E-state index in [1.54, 1.807) is 24.1 Å². The molecule has 1 aliphatic rings. The number of aromatic nitrogens is 3. The molecule has 1 N–H and O–H groups in total. The molecule has 1 aromatic heterocycles. The number of nitrogens with zero attached hydrogens (tertiary/aromatic N) is 6. The molecule has 0 aliphatic carbocycles. The highest BCUT2D eigenvalue weighted by Crippen LogP contribution is 2.40. The van der Waals surface area contributed by atoms with Gasteiger partial charge in [0.25, 0.3) is 0 Å². The standard InChI is InChI=1S/C29H26F4N6O2S/c1-18(2)24-14-21(30)8-13-25(24)39-27(42-16-28(39,3)40)36-35-15-19-4-6-20(7-5-19)26-34-17-38(37-26)22-9-11-23(12-10-22)41-29(31,32)33/h4-15,17-18,40H,16H2,1-3H3/b35-15+,36-27-. The van der Waals surface area contributed by atoms with Crippen LogP contribution in [-0.2, 0) is 0 Å². The topological polar surface area (TPSA) is 88.1 Å². The highest BCUT2D eigenvalue weighted by Gasteiger charge is 2.41. The Bertz CT molecular complexity index is 1620. The quantitative estimate of drug-likeness (QED) is 0.144. The number of halogens is 4. The molecule has 1 fully saturated rings. The fourth-order valence-corrected chi connectivity index (χ4v) is 5.41. The summed E-state index contributed by atoms with van der Waals surface area (Å²) in [7, 11) is 0. The molecule has 1 unspecified atom stereocenters. The predicted octanol–water partition coefficient (Wildman–Crippen LogP) is 6.75. The van der Waals surface area contributed by atoms with Crippen LogP contribution in [0.1, 0.15) is 37.8 Å². The number of hydrogen-bond acceptors (Lipinski definition) is 7. The summed E-state index contributed by atoms with van der Waals surface area (Å²) in [5.41, 5.74) is 2.21. The van der Waals surface area contributed by atoms with Gasteiger partial charge in [-0.2, -0.15) is 5.10 Å². The number of hydrogen-bond donors (Lipinski definition) is 1. The van der Waals surface area contributed by atoms with Crippen LogP contribution in [0.5, 0.6) is 5.75 Å². The fraction of sp³-hybridized carbons (Fsp3) is 0.241.